The van der Waals surface area contributed by atoms with Gasteiger partial charge in [0.15, 0.2) is 0 Å². The van der Waals surface area contributed by atoms with Crippen molar-refractivity contribution in [1.29, 1.82) is 0 Å². The Morgan fingerprint density at radius 2 is 1.66 bits per heavy atom. The van der Waals surface area contributed by atoms with Crippen molar-refractivity contribution in [1.82, 2.24) is 0 Å². The number of allylic oxidation sites excluding steroid dienone is 2. The third kappa shape index (κ3) is 3.08. The number of rotatable bonds is 1. The minimum atomic E-state index is -0.792. The van der Waals surface area contributed by atoms with Crippen LogP contribution >= 0.6 is 0 Å². The summed E-state index contributed by atoms with van der Waals surface area (Å²) in [6, 6.07) is 0.275. The first kappa shape index (κ1) is 25.8. The summed E-state index contributed by atoms with van der Waals surface area (Å²) in [5, 5.41) is 11.9. The molecule has 198 valence electrons. The molecule has 0 spiro atoms. The van der Waals surface area contributed by atoms with Crippen LogP contribution in [0.2, 0.25) is 0 Å². The molecule has 0 heterocycles. The highest BCUT2D eigenvalue weighted by Gasteiger charge is 2.71. The molecule has 4 heteroatoms. The lowest BCUT2D eigenvalue weighted by atomic mass is 9.33. The lowest BCUT2D eigenvalue weighted by molar-refractivity contribution is -0.210. The maximum Gasteiger partial charge on any atom is 0.315 e. The quantitative estimate of drug-likeness (QED) is 0.340. The van der Waals surface area contributed by atoms with Crippen molar-refractivity contribution in [3.05, 3.63) is 11.6 Å². The number of carbonyl (C=O) groups is 1. The lowest BCUT2D eigenvalue weighted by Crippen LogP contribution is -2.68. The molecule has 0 aliphatic heterocycles. The Morgan fingerprint density at radius 3 is 2.31 bits per heavy atom. The van der Waals surface area contributed by atoms with E-state index < -0.39 is 11.5 Å². The molecule has 5 aliphatic carbocycles. The summed E-state index contributed by atoms with van der Waals surface area (Å²) in [4.78, 5) is 13.4. The Bertz CT molecular complexity index is 938. The highest BCUT2D eigenvalue weighted by molar-refractivity contribution is 5.79. The van der Waals surface area contributed by atoms with E-state index in [4.69, 9.17) is 10.5 Å². The number of esters is 1. The molecule has 5 rings (SSSR count). The molecule has 0 saturated heterocycles. The summed E-state index contributed by atoms with van der Waals surface area (Å²) in [6.07, 6.45) is 11.0. The summed E-state index contributed by atoms with van der Waals surface area (Å²) < 4.78 is 5.41. The molecule has 5 aliphatic rings. The number of nitrogens with two attached hydrogens (primary N) is 1. The van der Waals surface area contributed by atoms with Gasteiger partial charge in [-0.1, -0.05) is 60.1 Å². The van der Waals surface area contributed by atoms with E-state index in [0.717, 1.165) is 32.1 Å². The molecule has 35 heavy (non-hydrogen) atoms. The number of aliphatic hydroxyl groups excluding tert-OH is 1. The number of hydrogen-bond donors (Lipinski definition) is 2. The van der Waals surface area contributed by atoms with Crippen molar-refractivity contribution >= 4 is 5.97 Å². The first-order valence-corrected chi connectivity index (χ1v) is 14.3. The number of aliphatic hydroxyl groups is 1. The van der Waals surface area contributed by atoms with Gasteiger partial charge in [-0.05, 0) is 103 Å². The number of carbonyl (C=O) groups excluding carboxylic acids is 1. The average molecular weight is 486 g/mol. The van der Waals surface area contributed by atoms with Gasteiger partial charge < -0.3 is 15.6 Å². The van der Waals surface area contributed by atoms with Gasteiger partial charge in [-0.3, -0.25) is 4.79 Å². The van der Waals surface area contributed by atoms with Crippen LogP contribution in [-0.4, -0.2) is 30.3 Å². The van der Waals surface area contributed by atoms with Crippen molar-refractivity contribution in [2.24, 2.45) is 56.0 Å². The Balaban J connectivity index is 1.63. The smallest absolute Gasteiger partial charge is 0.315 e. The molecule has 1 unspecified atom stereocenters. The maximum atomic E-state index is 13.4. The lowest BCUT2D eigenvalue weighted by Gasteiger charge is -2.71. The Morgan fingerprint density at radius 1 is 0.971 bits per heavy atom. The zero-order valence-electron chi connectivity index (χ0n) is 23.7. The van der Waals surface area contributed by atoms with E-state index in [0.29, 0.717) is 18.3 Å². The SMILES string of the molecule is COC(=O)[C@]12CCC(C)(C)C[C@H]1C1=CC[C@@H]3[C@@]4(C)CCC(N)C(C)(C)[C@@H]4CC[C@@]3(C)[C@]1(C)C[C@H]2O. The van der Waals surface area contributed by atoms with Crippen LogP contribution in [0.1, 0.15) is 106 Å². The standard InChI is InChI=1S/C31H51NO3/c1-26(2)15-16-31(25(34)35-8)20(17-26)19-9-10-22-28(5)13-12-23(32)27(3,4)21(28)11-14-29(22,6)30(19,7)18-24(31)33/h9,20-24,33H,10-18,32H2,1-8H3/t20-,21-,22+,23?,24+,28-,29+,30+,31+/m0/s1. The highest BCUT2D eigenvalue weighted by Crippen LogP contribution is 2.75. The van der Waals surface area contributed by atoms with E-state index in [1.165, 1.54) is 31.9 Å². The third-order valence-corrected chi connectivity index (χ3v) is 13.4. The van der Waals surface area contributed by atoms with Crippen LogP contribution in [0.15, 0.2) is 11.6 Å². The number of ether oxygens (including phenoxy) is 1. The molecule has 9 atom stereocenters. The molecule has 0 aromatic carbocycles. The van der Waals surface area contributed by atoms with E-state index >= 15 is 0 Å². The van der Waals surface area contributed by atoms with Gasteiger partial charge in [-0.25, -0.2) is 0 Å². The summed E-state index contributed by atoms with van der Waals surface area (Å²) in [6.45, 7) is 17.0. The van der Waals surface area contributed by atoms with E-state index in [1.807, 2.05) is 0 Å². The first-order chi connectivity index (χ1) is 16.1. The fourth-order valence-electron chi connectivity index (χ4n) is 10.9. The Hall–Kier alpha value is -0.870. The van der Waals surface area contributed by atoms with Crippen LogP contribution in [0.3, 0.4) is 0 Å². The second kappa shape index (κ2) is 7.59. The fourth-order valence-corrected chi connectivity index (χ4v) is 10.9. The van der Waals surface area contributed by atoms with Gasteiger partial charge >= 0.3 is 5.97 Å². The molecule has 0 radical (unpaired) electrons. The van der Waals surface area contributed by atoms with Crippen LogP contribution in [0.25, 0.3) is 0 Å². The maximum absolute atomic E-state index is 13.4. The molecule has 3 N–H and O–H groups in total. The molecule has 0 bridgehead atoms. The highest BCUT2D eigenvalue weighted by atomic mass is 16.5. The zero-order chi connectivity index (χ0) is 25.8. The van der Waals surface area contributed by atoms with Gasteiger partial charge in [-0.2, -0.15) is 0 Å². The van der Waals surface area contributed by atoms with Crippen LogP contribution in [0.4, 0.5) is 0 Å². The summed E-state index contributed by atoms with van der Waals surface area (Å²) in [5.74, 6) is 1.07. The predicted molar refractivity (Wildman–Crippen MR) is 140 cm³/mol. The second-order valence-electron chi connectivity index (χ2n) is 15.4. The van der Waals surface area contributed by atoms with E-state index in [-0.39, 0.29) is 45.0 Å². The van der Waals surface area contributed by atoms with Crippen LogP contribution in [0.5, 0.6) is 0 Å². The molecule has 0 aromatic rings. The van der Waals surface area contributed by atoms with Gasteiger partial charge in [0.25, 0.3) is 0 Å². The van der Waals surface area contributed by atoms with Gasteiger partial charge in [0.05, 0.1) is 13.2 Å². The largest absolute Gasteiger partial charge is 0.468 e. The Kier molecular flexibility index (Phi) is 5.59. The monoisotopic (exact) mass is 485 g/mol. The molecular formula is C31H51NO3. The predicted octanol–water partition coefficient (Wildman–Crippen LogP) is 6.26. The van der Waals surface area contributed by atoms with E-state index in [9.17, 15) is 9.90 Å². The van der Waals surface area contributed by atoms with Gasteiger partial charge in [-0.15, -0.1) is 0 Å². The molecule has 4 nitrogen and oxygen atoms in total. The zero-order valence-corrected chi connectivity index (χ0v) is 23.7. The topological polar surface area (TPSA) is 72.5 Å². The van der Waals surface area contributed by atoms with Crippen molar-refractivity contribution in [3.8, 4) is 0 Å². The summed E-state index contributed by atoms with van der Waals surface area (Å²) in [7, 11) is 1.50. The van der Waals surface area contributed by atoms with Crippen molar-refractivity contribution in [3.63, 3.8) is 0 Å². The Labute approximate surface area is 213 Å². The fraction of sp³-hybridized carbons (Fsp3) is 0.903. The summed E-state index contributed by atoms with van der Waals surface area (Å²) in [5.41, 5.74) is 7.93. The second-order valence-corrected chi connectivity index (χ2v) is 15.4. The van der Waals surface area contributed by atoms with Crippen molar-refractivity contribution in [2.75, 3.05) is 7.11 Å². The number of hydrogen-bond acceptors (Lipinski definition) is 4. The molecule has 4 fully saturated rings. The van der Waals surface area contributed by atoms with Gasteiger partial charge in [0.2, 0.25) is 0 Å². The summed E-state index contributed by atoms with van der Waals surface area (Å²) >= 11 is 0. The third-order valence-electron chi connectivity index (χ3n) is 13.4. The van der Waals surface area contributed by atoms with E-state index in [1.54, 1.807) is 0 Å². The average Bonchev–Trinajstić information content (AvgIpc) is 2.76. The van der Waals surface area contributed by atoms with Crippen LogP contribution < -0.4 is 5.73 Å². The minimum absolute atomic E-state index is 0.0620. The van der Waals surface area contributed by atoms with Crippen LogP contribution in [0, 0.1) is 50.2 Å². The van der Waals surface area contributed by atoms with Crippen LogP contribution in [-0.2, 0) is 9.53 Å². The van der Waals surface area contributed by atoms with E-state index in [2.05, 4.69) is 54.5 Å². The number of methoxy groups -OCH3 is 1. The van der Waals surface area contributed by atoms with Crippen molar-refractivity contribution < 1.29 is 14.6 Å². The molecule has 0 aromatic heterocycles. The molecule has 0 amide bonds. The van der Waals surface area contributed by atoms with Crippen molar-refractivity contribution in [2.45, 2.75) is 118 Å². The normalized spacial score (nSPS) is 52.2. The molecular weight excluding hydrogens is 434 g/mol. The van der Waals surface area contributed by atoms with Gasteiger partial charge in [0.1, 0.15) is 5.41 Å². The first-order valence-electron chi connectivity index (χ1n) is 14.3. The minimum Gasteiger partial charge on any atom is -0.468 e. The number of fused-ring (bicyclic) bond motifs is 7. The molecule has 4 saturated carbocycles. The van der Waals surface area contributed by atoms with Gasteiger partial charge in [0, 0.05) is 6.04 Å².